The molecular weight excluding hydrogens is 395 g/mol. The Balaban J connectivity index is 2.52. The lowest BCUT2D eigenvalue weighted by Gasteiger charge is -2.31. The highest BCUT2D eigenvalue weighted by Gasteiger charge is 2.34. The van der Waals surface area contributed by atoms with Crippen LogP contribution in [0, 0.1) is 17.1 Å². The van der Waals surface area contributed by atoms with Crippen molar-refractivity contribution in [2.75, 3.05) is 6.61 Å². The van der Waals surface area contributed by atoms with Gasteiger partial charge in [-0.25, -0.2) is 12.8 Å². The van der Waals surface area contributed by atoms with Gasteiger partial charge in [-0.15, -0.1) is 0 Å². The molecular formula is C18H18ClFN2O4S. The molecule has 0 aliphatic rings. The molecule has 0 aromatic heterocycles. The highest BCUT2D eigenvalue weighted by Crippen LogP contribution is 2.25. The summed E-state index contributed by atoms with van der Waals surface area (Å²) >= 11 is 5.80. The average molecular weight is 413 g/mol. The number of aliphatic hydroxyl groups is 2. The van der Waals surface area contributed by atoms with Gasteiger partial charge < -0.3 is 10.2 Å². The number of hydrogen-bond donors (Lipinski definition) is 2. The van der Waals surface area contributed by atoms with Crippen LogP contribution in [0.5, 0.6) is 0 Å². The highest BCUT2D eigenvalue weighted by molar-refractivity contribution is 7.89. The third-order valence-electron chi connectivity index (χ3n) is 4.04. The van der Waals surface area contributed by atoms with E-state index in [1.54, 1.807) is 6.07 Å². The third-order valence-corrected chi connectivity index (χ3v) is 6.18. The van der Waals surface area contributed by atoms with Crippen LogP contribution in [0.25, 0.3) is 0 Å². The van der Waals surface area contributed by atoms with Crippen LogP contribution in [-0.4, -0.2) is 41.7 Å². The van der Waals surface area contributed by atoms with Crippen LogP contribution in [-0.2, 0) is 16.6 Å². The Morgan fingerprint density at radius 2 is 1.89 bits per heavy atom. The Morgan fingerprint density at radius 1 is 1.26 bits per heavy atom. The zero-order valence-corrected chi connectivity index (χ0v) is 16.0. The van der Waals surface area contributed by atoms with Gasteiger partial charge in [0.1, 0.15) is 5.82 Å². The van der Waals surface area contributed by atoms with E-state index < -0.39 is 41.1 Å². The molecule has 0 bridgehead atoms. The number of halogens is 2. The fraction of sp³-hybridized carbons (Fsp3) is 0.278. The molecule has 0 saturated carbocycles. The molecule has 0 aliphatic carbocycles. The van der Waals surface area contributed by atoms with Gasteiger partial charge in [-0.05, 0) is 43.3 Å². The second-order valence-electron chi connectivity index (χ2n) is 5.91. The van der Waals surface area contributed by atoms with Crippen LogP contribution in [0.1, 0.15) is 18.1 Å². The van der Waals surface area contributed by atoms with Crippen molar-refractivity contribution >= 4 is 21.6 Å². The highest BCUT2D eigenvalue weighted by atomic mass is 35.5. The molecule has 0 radical (unpaired) electrons. The molecule has 0 amide bonds. The number of rotatable bonds is 7. The molecule has 2 N–H and O–H groups in total. The summed E-state index contributed by atoms with van der Waals surface area (Å²) < 4.78 is 41.3. The molecule has 9 heteroatoms. The number of nitrogens with zero attached hydrogens (tertiary/aromatic N) is 2. The Kier molecular flexibility index (Phi) is 6.92. The van der Waals surface area contributed by atoms with E-state index >= 15 is 0 Å². The summed E-state index contributed by atoms with van der Waals surface area (Å²) in [7, 11) is -4.18. The summed E-state index contributed by atoms with van der Waals surface area (Å²) in [6.45, 7) is 0.238. The van der Waals surface area contributed by atoms with Crippen molar-refractivity contribution in [2.45, 2.75) is 30.5 Å². The number of hydrogen-bond acceptors (Lipinski definition) is 5. The van der Waals surface area contributed by atoms with E-state index in [-0.39, 0.29) is 16.0 Å². The lowest BCUT2D eigenvalue weighted by Crippen LogP contribution is -2.47. The number of sulfonamides is 1. The summed E-state index contributed by atoms with van der Waals surface area (Å²) in [6.07, 6.45) is -1.21. The second kappa shape index (κ2) is 8.78. The van der Waals surface area contributed by atoms with Crippen molar-refractivity contribution in [2.24, 2.45) is 0 Å². The first-order valence-electron chi connectivity index (χ1n) is 7.95. The summed E-state index contributed by atoms with van der Waals surface area (Å²) in [6, 6.07) is 9.63. The van der Waals surface area contributed by atoms with Crippen LogP contribution in [0.2, 0.25) is 5.02 Å². The molecule has 2 aromatic carbocycles. The lowest BCUT2D eigenvalue weighted by atomic mass is 10.1. The number of nitriles is 1. The van der Waals surface area contributed by atoms with Crippen molar-refractivity contribution in [3.63, 3.8) is 0 Å². The van der Waals surface area contributed by atoms with Crippen LogP contribution in [0.15, 0.2) is 47.4 Å². The Morgan fingerprint density at radius 3 is 2.37 bits per heavy atom. The molecule has 1 unspecified atom stereocenters. The van der Waals surface area contributed by atoms with Crippen molar-refractivity contribution in [3.8, 4) is 6.07 Å². The first kappa shape index (κ1) is 21.3. The normalized spacial score (nSPS) is 14.0. The van der Waals surface area contributed by atoms with Gasteiger partial charge in [0.2, 0.25) is 10.0 Å². The third kappa shape index (κ3) is 4.83. The summed E-state index contributed by atoms with van der Waals surface area (Å²) in [5.74, 6) is -0.757. The first-order chi connectivity index (χ1) is 12.7. The van der Waals surface area contributed by atoms with E-state index in [2.05, 4.69) is 0 Å². The molecule has 27 heavy (non-hydrogen) atoms. The largest absolute Gasteiger partial charge is 0.395 e. The van der Waals surface area contributed by atoms with E-state index in [0.29, 0.717) is 5.02 Å². The van der Waals surface area contributed by atoms with Crippen molar-refractivity contribution < 1.29 is 23.0 Å². The van der Waals surface area contributed by atoms with Gasteiger partial charge in [0.15, 0.2) is 0 Å². The van der Waals surface area contributed by atoms with Crippen molar-refractivity contribution in [1.82, 2.24) is 4.31 Å². The van der Waals surface area contributed by atoms with E-state index in [0.717, 1.165) is 10.4 Å². The van der Waals surface area contributed by atoms with Crippen LogP contribution in [0.4, 0.5) is 4.39 Å². The number of benzene rings is 2. The van der Waals surface area contributed by atoms with E-state index in [9.17, 15) is 23.0 Å². The fourth-order valence-corrected chi connectivity index (χ4v) is 4.30. The van der Waals surface area contributed by atoms with Gasteiger partial charge in [0.25, 0.3) is 0 Å². The van der Waals surface area contributed by atoms with E-state index in [4.69, 9.17) is 16.9 Å². The first-order valence-corrected chi connectivity index (χ1v) is 9.77. The predicted octanol–water partition coefficient (Wildman–Crippen LogP) is 2.28. The predicted molar refractivity (Wildman–Crippen MR) is 97.9 cm³/mol. The van der Waals surface area contributed by atoms with Gasteiger partial charge in [-0.2, -0.15) is 9.57 Å². The fourth-order valence-electron chi connectivity index (χ4n) is 2.52. The maximum atomic E-state index is 14.3. The van der Waals surface area contributed by atoms with Gasteiger partial charge in [0, 0.05) is 17.1 Å². The SMILES string of the molecule is C[C@H](O)C(CO)N(Cc1ccc(C#N)cc1F)S(=O)(=O)c1ccc(Cl)cc1. The summed E-state index contributed by atoms with van der Waals surface area (Å²) in [4.78, 5) is -0.111. The maximum Gasteiger partial charge on any atom is 0.243 e. The smallest absolute Gasteiger partial charge is 0.243 e. The zero-order valence-electron chi connectivity index (χ0n) is 14.4. The molecule has 0 heterocycles. The summed E-state index contributed by atoms with van der Waals surface area (Å²) in [5, 5.41) is 28.7. The van der Waals surface area contributed by atoms with Gasteiger partial charge in [-0.3, -0.25) is 0 Å². The summed E-state index contributed by atoms with van der Waals surface area (Å²) in [5.41, 5.74) is 0.100. The molecule has 144 valence electrons. The monoisotopic (exact) mass is 412 g/mol. The van der Waals surface area contributed by atoms with E-state index in [1.165, 1.54) is 43.3 Å². The Bertz CT molecular complexity index is 943. The average Bonchev–Trinajstić information content (AvgIpc) is 2.62. The topological polar surface area (TPSA) is 102 Å². The molecule has 6 nitrogen and oxygen atoms in total. The minimum absolute atomic E-state index is 0.00522. The molecule has 0 aliphatic heterocycles. The van der Waals surface area contributed by atoms with Crippen LogP contribution in [0.3, 0.4) is 0 Å². The molecule has 0 fully saturated rings. The lowest BCUT2D eigenvalue weighted by molar-refractivity contribution is 0.0613. The maximum absolute atomic E-state index is 14.3. The molecule has 2 rings (SSSR count). The molecule has 0 spiro atoms. The zero-order chi connectivity index (χ0) is 20.2. The number of aliphatic hydroxyl groups excluding tert-OH is 2. The second-order valence-corrected chi connectivity index (χ2v) is 8.24. The van der Waals surface area contributed by atoms with Gasteiger partial charge >= 0.3 is 0 Å². The van der Waals surface area contributed by atoms with Crippen molar-refractivity contribution in [3.05, 3.63) is 64.4 Å². The Hall–Kier alpha value is -2.02. The standard InChI is InChI=1S/C18H18ClFN2O4S/c1-12(24)18(11-23)22(10-14-3-2-13(9-21)8-17(14)20)27(25,26)16-6-4-15(19)5-7-16/h2-8,12,18,23-24H,10-11H2,1H3/t12-,18?/m0/s1. The van der Waals surface area contributed by atoms with Crippen LogP contribution < -0.4 is 0 Å². The van der Waals surface area contributed by atoms with Crippen LogP contribution >= 0.6 is 11.6 Å². The minimum Gasteiger partial charge on any atom is -0.395 e. The minimum atomic E-state index is -4.18. The van der Waals surface area contributed by atoms with E-state index in [1.807, 2.05) is 0 Å². The molecule has 0 saturated heterocycles. The molecule has 2 aromatic rings. The van der Waals surface area contributed by atoms with Crippen molar-refractivity contribution in [1.29, 1.82) is 5.26 Å². The quantitative estimate of drug-likeness (QED) is 0.726. The Labute approximate surface area is 162 Å². The molecule has 2 atom stereocenters. The van der Waals surface area contributed by atoms with Gasteiger partial charge in [-0.1, -0.05) is 17.7 Å². The van der Waals surface area contributed by atoms with Gasteiger partial charge in [0.05, 0.1) is 35.3 Å².